The smallest absolute Gasteiger partial charge is 0.104 e. The van der Waals surface area contributed by atoms with Crippen molar-refractivity contribution in [3.05, 3.63) is 48.3 Å². The molecule has 1 aromatic rings. The molecule has 116 valence electrons. The lowest BCUT2D eigenvalue weighted by molar-refractivity contribution is 0.173. The Kier molecular flexibility index (Phi) is 6.65. The first kappa shape index (κ1) is 15.9. The standard InChI is InChI=1S/C19H30N2/c1-3-4-5-6-7-11-14-21-16-15-20(2)19(21)17-18-12-9-8-10-13-18/h8-10,12-13,15-16,19H,3-7,11,14,17H2,1-2H3. The van der Waals surface area contributed by atoms with Crippen molar-refractivity contribution in [3.63, 3.8) is 0 Å². The largest absolute Gasteiger partial charge is 0.359 e. The fraction of sp³-hybridized carbons (Fsp3) is 0.579. The van der Waals surface area contributed by atoms with E-state index in [2.05, 4.69) is 66.5 Å². The Bertz CT molecular complexity index is 413. The van der Waals surface area contributed by atoms with Crippen molar-refractivity contribution in [3.8, 4) is 0 Å². The maximum absolute atomic E-state index is 2.51. The second kappa shape index (κ2) is 8.76. The fourth-order valence-corrected chi connectivity index (χ4v) is 3.01. The van der Waals surface area contributed by atoms with E-state index in [4.69, 9.17) is 0 Å². The quantitative estimate of drug-likeness (QED) is 0.610. The van der Waals surface area contributed by atoms with Gasteiger partial charge >= 0.3 is 0 Å². The first-order chi connectivity index (χ1) is 10.3. The molecule has 0 aliphatic carbocycles. The monoisotopic (exact) mass is 286 g/mol. The van der Waals surface area contributed by atoms with E-state index < -0.39 is 0 Å². The summed E-state index contributed by atoms with van der Waals surface area (Å²) in [4.78, 5) is 4.84. The lowest BCUT2D eigenvalue weighted by atomic mass is 10.1. The molecule has 21 heavy (non-hydrogen) atoms. The van der Waals surface area contributed by atoms with Crippen molar-refractivity contribution in [2.75, 3.05) is 13.6 Å². The molecule has 0 spiro atoms. The van der Waals surface area contributed by atoms with Gasteiger partial charge in [0.15, 0.2) is 0 Å². The molecule has 1 atom stereocenters. The van der Waals surface area contributed by atoms with Crippen LogP contribution in [-0.2, 0) is 6.42 Å². The summed E-state index contributed by atoms with van der Waals surface area (Å²) in [6.07, 6.45) is 14.3. The number of likely N-dealkylation sites (N-methyl/N-ethyl adjacent to an activating group) is 1. The van der Waals surface area contributed by atoms with Gasteiger partial charge in [0.2, 0.25) is 0 Å². The molecular formula is C19H30N2. The highest BCUT2D eigenvalue weighted by molar-refractivity contribution is 5.17. The molecule has 0 aromatic heterocycles. The molecule has 2 nitrogen and oxygen atoms in total. The van der Waals surface area contributed by atoms with Crippen molar-refractivity contribution in [2.24, 2.45) is 0 Å². The maximum Gasteiger partial charge on any atom is 0.104 e. The Hall–Kier alpha value is -1.44. The summed E-state index contributed by atoms with van der Waals surface area (Å²) >= 11 is 0. The molecule has 2 heteroatoms. The highest BCUT2D eigenvalue weighted by Crippen LogP contribution is 2.19. The van der Waals surface area contributed by atoms with Crippen LogP contribution in [0.2, 0.25) is 0 Å². The van der Waals surface area contributed by atoms with Gasteiger partial charge in [-0.1, -0.05) is 69.4 Å². The SMILES string of the molecule is CCCCCCCCN1C=CN(C)C1Cc1ccccc1. The van der Waals surface area contributed by atoms with Crippen LogP contribution in [0.3, 0.4) is 0 Å². The molecule has 1 heterocycles. The molecule has 1 aliphatic heterocycles. The number of benzene rings is 1. The third-order valence-electron chi connectivity index (χ3n) is 4.38. The van der Waals surface area contributed by atoms with E-state index in [0.29, 0.717) is 6.17 Å². The first-order valence-corrected chi connectivity index (χ1v) is 8.51. The third kappa shape index (κ3) is 5.11. The highest BCUT2D eigenvalue weighted by atomic mass is 15.4. The van der Waals surface area contributed by atoms with Gasteiger partial charge in [0.05, 0.1) is 0 Å². The molecule has 0 bridgehead atoms. The molecule has 0 saturated heterocycles. The van der Waals surface area contributed by atoms with Gasteiger partial charge in [-0.2, -0.15) is 0 Å². The number of unbranched alkanes of at least 4 members (excludes halogenated alkanes) is 5. The van der Waals surface area contributed by atoms with E-state index in [1.54, 1.807) is 0 Å². The van der Waals surface area contributed by atoms with Crippen LogP contribution in [0, 0.1) is 0 Å². The van der Waals surface area contributed by atoms with Crippen molar-refractivity contribution >= 4 is 0 Å². The predicted molar refractivity (Wildman–Crippen MR) is 90.9 cm³/mol. The Morgan fingerprint density at radius 1 is 0.905 bits per heavy atom. The Balaban J connectivity index is 1.74. The average Bonchev–Trinajstić information content (AvgIpc) is 2.85. The second-order valence-electron chi connectivity index (χ2n) is 6.14. The van der Waals surface area contributed by atoms with Crippen LogP contribution in [0.4, 0.5) is 0 Å². The number of rotatable bonds is 9. The average molecular weight is 286 g/mol. The van der Waals surface area contributed by atoms with Gasteiger partial charge in [0.1, 0.15) is 6.17 Å². The van der Waals surface area contributed by atoms with Crippen LogP contribution in [0.25, 0.3) is 0 Å². The molecule has 1 aliphatic rings. The maximum atomic E-state index is 2.51. The molecule has 0 N–H and O–H groups in total. The Morgan fingerprint density at radius 3 is 2.38 bits per heavy atom. The first-order valence-electron chi connectivity index (χ1n) is 8.51. The summed E-state index contributed by atoms with van der Waals surface area (Å²) < 4.78 is 0. The zero-order valence-corrected chi connectivity index (χ0v) is 13.7. The van der Waals surface area contributed by atoms with Crippen LogP contribution in [0.5, 0.6) is 0 Å². The minimum Gasteiger partial charge on any atom is -0.359 e. The predicted octanol–water partition coefficient (Wildman–Crippen LogP) is 4.63. The molecule has 0 amide bonds. The minimum absolute atomic E-state index is 0.489. The Labute approximate surface area is 130 Å². The van der Waals surface area contributed by atoms with E-state index in [0.717, 1.165) is 6.42 Å². The van der Waals surface area contributed by atoms with Crippen LogP contribution in [0.15, 0.2) is 42.7 Å². The molecule has 0 radical (unpaired) electrons. The van der Waals surface area contributed by atoms with Crippen molar-refractivity contribution in [1.29, 1.82) is 0 Å². The zero-order valence-electron chi connectivity index (χ0n) is 13.7. The molecular weight excluding hydrogens is 256 g/mol. The second-order valence-corrected chi connectivity index (χ2v) is 6.14. The van der Waals surface area contributed by atoms with E-state index in [-0.39, 0.29) is 0 Å². The molecule has 2 rings (SSSR count). The summed E-state index contributed by atoms with van der Waals surface area (Å²) in [6.45, 7) is 3.46. The normalized spacial score (nSPS) is 17.7. The summed E-state index contributed by atoms with van der Waals surface area (Å²) in [5, 5.41) is 0. The van der Waals surface area contributed by atoms with Gasteiger partial charge in [0.25, 0.3) is 0 Å². The number of hydrogen-bond donors (Lipinski definition) is 0. The van der Waals surface area contributed by atoms with Gasteiger partial charge in [-0.3, -0.25) is 0 Å². The Morgan fingerprint density at radius 2 is 1.62 bits per heavy atom. The molecule has 1 aromatic carbocycles. The zero-order chi connectivity index (χ0) is 14.9. The van der Waals surface area contributed by atoms with Crippen molar-refractivity contribution in [1.82, 2.24) is 9.80 Å². The molecule has 1 unspecified atom stereocenters. The van der Waals surface area contributed by atoms with Gasteiger partial charge in [-0.15, -0.1) is 0 Å². The fourth-order valence-electron chi connectivity index (χ4n) is 3.01. The molecule has 0 saturated carbocycles. The lowest BCUT2D eigenvalue weighted by Gasteiger charge is -2.30. The van der Waals surface area contributed by atoms with Crippen LogP contribution < -0.4 is 0 Å². The summed E-state index contributed by atoms with van der Waals surface area (Å²) in [6, 6.07) is 10.8. The van der Waals surface area contributed by atoms with Crippen LogP contribution >= 0.6 is 0 Å². The van der Waals surface area contributed by atoms with E-state index in [1.807, 2.05) is 0 Å². The number of nitrogens with zero attached hydrogens (tertiary/aromatic N) is 2. The lowest BCUT2D eigenvalue weighted by Crippen LogP contribution is -2.38. The van der Waals surface area contributed by atoms with Crippen LogP contribution in [-0.4, -0.2) is 29.6 Å². The summed E-state index contributed by atoms with van der Waals surface area (Å²) in [7, 11) is 2.19. The van der Waals surface area contributed by atoms with E-state index in [1.165, 1.54) is 50.6 Å². The highest BCUT2D eigenvalue weighted by Gasteiger charge is 2.23. The minimum atomic E-state index is 0.489. The van der Waals surface area contributed by atoms with E-state index >= 15 is 0 Å². The van der Waals surface area contributed by atoms with Crippen LogP contribution in [0.1, 0.15) is 51.0 Å². The van der Waals surface area contributed by atoms with Gasteiger partial charge in [0, 0.05) is 32.4 Å². The summed E-state index contributed by atoms with van der Waals surface area (Å²) in [5.41, 5.74) is 1.42. The van der Waals surface area contributed by atoms with Gasteiger partial charge in [-0.05, 0) is 12.0 Å². The van der Waals surface area contributed by atoms with Gasteiger partial charge in [-0.25, -0.2) is 0 Å². The van der Waals surface area contributed by atoms with E-state index in [9.17, 15) is 0 Å². The van der Waals surface area contributed by atoms with Crippen molar-refractivity contribution in [2.45, 2.75) is 58.0 Å². The number of hydrogen-bond acceptors (Lipinski definition) is 2. The van der Waals surface area contributed by atoms with Crippen molar-refractivity contribution < 1.29 is 0 Å². The topological polar surface area (TPSA) is 6.48 Å². The van der Waals surface area contributed by atoms with Gasteiger partial charge < -0.3 is 9.80 Å². The summed E-state index contributed by atoms with van der Waals surface area (Å²) in [5.74, 6) is 0. The third-order valence-corrected chi connectivity index (χ3v) is 4.38. The molecule has 0 fully saturated rings.